The Balaban J connectivity index is 2.07. The van der Waals surface area contributed by atoms with E-state index in [9.17, 15) is 14.7 Å². The average Bonchev–Trinajstić information content (AvgIpc) is 2.43. The average molecular weight is 355 g/mol. The van der Waals surface area contributed by atoms with Crippen molar-refractivity contribution in [1.29, 1.82) is 0 Å². The molecule has 1 aromatic rings. The molecule has 1 amide bonds. The van der Waals surface area contributed by atoms with E-state index >= 15 is 0 Å². The SMILES string of the molecule is Cc1nc(Br)ccc1NC(=O)CC1(C(=O)O)CCCCC1. The molecule has 6 heteroatoms. The van der Waals surface area contributed by atoms with Gasteiger partial charge in [0.05, 0.1) is 16.8 Å². The van der Waals surface area contributed by atoms with E-state index in [0.717, 1.165) is 19.3 Å². The highest BCUT2D eigenvalue weighted by molar-refractivity contribution is 9.10. The number of hydrogen-bond acceptors (Lipinski definition) is 3. The summed E-state index contributed by atoms with van der Waals surface area (Å²) in [4.78, 5) is 28.0. The fourth-order valence-corrected chi connectivity index (χ4v) is 3.26. The van der Waals surface area contributed by atoms with Gasteiger partial charge in [-0.3, -0.25) is 9.59 Å². The lowest BCUT2D eigenvalue weighted by atomic mass is 9.71. The third-order valence-corrected chi connectivity index (χ3v) is 4.53. The number of pyridine rings is 1. The first-order valence-corrected chi connectivity index (χ1v) is 7.89. The molecule has 21 heavy (non-hydrogen) atoms. The van der Waals surface area contributed by atoms with Crippen LogP contribution in [0.2, 0.25) is 0 Å². The summed E-state index contributed by atoms with van der Waals surface area (Å²) in [7, 11) is 0. The molecule has 1 fully saturated rings. The monoisotopic (exact) mass is 354 g/mol. The lowest BCUT2D eigenvalue weighted by molar-refractivity contribution is -0.153. The van der Waals surface area contributed by atoms with Crippen molar-refractivity contribution in [3.63, 3.8) is 0 Å². The van der Waals surface area contributed by atoms with Gasteiger partial charge in [0.1, 0.15) is 4.60 Å². The van der Waals surface area contributed by atoms with Gasteiger partial charge >= 0.3 is 5.97 Å². The van der Waals surface area contributed by atoms with Crippen LogP contribution in [0.15, 0.2) is 16.7 Å². The van der Waals surface area contributed by atoms with Gasteiger partial charge in [-0.25, -0.2) is 4.98 Å². The van der Waals surface area contributed by atoms with E-state index in [0.29, 0.717) is 28.8 Å². The van der Waals surface area contributed by atoms with E-state index < -0.39 is 11.4 Å². The summed E-state index contributed by atoms with van der Waals surface area (Å²) in [6, 6.07) is 3.51. The van der Waals surface area contributed by atoms with Crippen LogP contribution in [0.4, 0.5) is 5.69 Å². The van der Waals surface area contributed by atoms with Gasteiger partial charge in [-0.2, -0.15) is 0 Å². The molecule has 114 valence electrons. The van der Waals surface area contributed by atoms with Gasteiger partial charge in [-0.15, -0.1) is 0 Å². The van der Waals surface area contributed by atoms with Crippen molar-refractivity contribution in [2.75, 3.05) is 5.32 Å². The van der Waals surface area contributed by atoms with Gasteiger partial charge in [0, 0.05) is 6.42 Å². The maximum absolute atomic E-state index is 12.2. The summed E-state index contributed by atoms with van der Waals surface area (Å²) in [6.45, 7) is 1.80. The summed E-state index contributed by atoms with van der Waals surface area (Å²) in [5.74, 6) is -1.12. The van der Waals surface area contributed by atoms with Gasteiger partial charge in [0.25, 0.3) is 0 Å². The van der Waals surface area contributed by atoms with E-state index in [1.165, 1.54) is 0 Å². The molecule has 0 spiro atoms. The number of carboxylic acid groups (broad SMARTS) is 1. The molecule has 0 bridgehead atoms. The predicted octanol–water partition coefficient (Wildman–Crippen LogP) is 3.52. The molecular weight excluding hydrogens is 336 g/mol. The first kappa shape index (κ1) is 15.9. The standard InChI is InChI=1S/C15H19BrN2O3/c1-10-11(5-6-12(16)17-10)18-13(19)9-15(14(20)21)7-3-2-4-8-15/h5-6H,2-4,7-9H2,1H3,(H,18,19)(H,20,21). The second-order valence-corrected chi connectivity index (χ2v) is 6.45. The second-order valence-electron chi connectivity index (χ2n) is 5.64. The summed E-state index contributed by atoms with van der Waals surface area (Å²) in [6.07, 6.45) is 3.97. The van der Waals surface area contributed by atoms with Gasteiger partial charge in [-0.05, 0) is 47.8 Å². The zero-order chi connectivity index (χ0) is 15.5. The van der Waals surface area contributed by atoms with Crippen LogP contribution in [-0.4, -0.2) is 22.0 Å². The molecule has 1 heterocycles. The minimum Gasteiger partial charge on any atom is -0.481 e. The van der Waals surface area contributed by atoms with Crippen molar-refractivity contribution in [3.8, 4) is 0 Å². The summed E-state index contributed by atoms with van der Waals surface area (Å²) in [5, 5.41) is 12.3. The third kappa shape index (κ3) is 3.81. The number of aliphatic carboxylic acids is 1. The number of nitrogens with one attached hydrogen (secondary N) is 1. The third-order valence-electron chi connectivity index (χ3n) is 4.09. The normalized spacial score (nSPS) is 17.2. The predicted molar refractivity (Wildman–Crippen MR) is 83.1 cm³/mol. The Bertz CT molecular complexity index is 554. The Morgan fingerprint density at radius 2 is 2.00 bits per heavy atom. The van der Waals surface area contributed by atoms with Crippen molar-refractivity contribution in [2.45, 2.75) is 45.4 Å². The molecule has 0 aliphatic heterocycles. The number of halogens is 1. The van der Waals surface area contributed by atoms with Crippen molar-refractivity contribution < 1.29 is 14.7 Å². The number of amides is 1. The molecule has 1 aliphatic carbocycles. The number of anilines is 1. The molecule has 1 aliphatic rings. The Hall–Kier alpha value is -1.43. The van der Waals surface area contributed by atoms with E-state index in [2.05, 4.69) is 26.2 Å². The van der Waals surface area contributed by atoms with Gasteiger partial charge in [0.2, 0.25) is 5.91 Å². The number of nitrogens with zero attached hydrogens (tertiary/aromatic N) is 1. The zero-order valence-corrected chi connectivity index (χ0v) is 13.6. The molecule has 0 aromatic carbocycles. The molecule has 0 radical (unpaired) electrons. The molecule has 5 nitrogen and oxygen atoms in total. The van der Waals surface area contributed by atoms with Crippen molar-refractivity contribution >= 4 is 33.5 Å². The van der Waals surface area contributed by atoms with Crippen LogP contribution in [-0.2, 0) is 9.59 Å². The summed E-state index contributed by atoms with van der Waals surface area (Å²) < 4.78 is 0.701. The van der Waals surface area contributed by atoms with Crippen LogP contribution in [0.25, 0.3) is 0 Å². The van der Waals surface area contributed by atoms with E-state index in [4.69, 9.17) is 0 Å². The van der Waals surface area contributed by atoms with Crippen LogP contribution < -0.4 is 5.32 Å². The Labute approximate surface area is 132 Å². The molecule has 2 N–H and O–H groups in total. The first-order valence-electron chi connectivity index (χ1n) is 7.09. The van der Waals surface area contributed by atoms with Gasteiger partial charge in [0.15, 0.2) is 0 Å². The fourth-order valence-electron chi connectivity index (χ4n) is 2.86. The van der Waals surface area contributed by atoms with Crippen molar-refractivity contribution in [3.05, 3.63) is 22.4 Å². The fraction of sp³-hybridized carbons (Fsp3) is 0.533. The highest BCUT2D eigenvalue weighted by atomic mass is 79.9. The second kappa shape index (κ2) is 6.56. The molecule has 1 saturated carbocycles. The van der Waals surface area contributed by atoms with Crippen molar-refractivity contribution in [1.82, 2.24) is 4.98 Å². The largest absolute Gasteiger partial charge is 0.481 e. The molecule has 0 unspecified atom stereocenters. The number of rotatable bonds is 4. The van der Waals surface area contributed by atoms with Crippen molar-refractivity contribution in [2.24, 2.45) is 5.41 Å². The lowest BCUT2D eigenvalue weighted by Gasteiger charge is -2.32. The minimum atomic E-state index is -0.904. The molecular formula is C15H19BrN2O3. The maximum Gasteiger partial charge on any atom is 0.310 e. The van der Waals surface area contributed by atoms with Crippen LogP contribution in [0.1, 0.15) is 44.2 Å². The minimum absolute atomic E-state index is 0.0256. The van der Waals surface area contributed by atoms with Crippen LogP contribution in [0.5, 0.6) is 0 Å². The van der Waals surface area contributed by atoms with E-state index in [1.807, 2.05) is 0 Å². The van der Waals surface area contributed by atoms with Crippen LogP contribution >= 0.6 is 15.9 Å². The number of aromatic nitrogens is 1. The van der Waals surface area contributed by atoms with E-state index in [-0.39, 0.29) is 12.3 Å². The lowest BCUT2D eigenvalue weighted by Crippen LogP contribution is -2.37. The summed E-state index contributed by atoms with van der Waals surface area (Å²) in [5.41, 5.74) is 0.421. The maximum atomic E-state index is 12.2. The van der Waals surface area contributed by atoms with Crippen LogP contribution in [0.3, 0.4) is 0 Å². The molecule has 2 rings (SSSR count). The Kier molecular flexibility index (Phi) is 4.98. The number of aryl methyl sites for hydroxylation is 1. The molecule has 1 aromatic heterocycles. The zero-order valence-electron chi connectivity index (χ0n) is 12.0. The Morgan fingerprint density at radius 3 is 2.57 bits per heavy atom. The topological polar surface area (TPSA) is 79.3 Å². The highest BCUT2D eigenvalue weighted by Crippen LogP contribution is 2.39. The quantitative estimate of drug-likeness (QED) is 0.810. The number of carboxylic acids is 1. The Morgan fingerprint density at radius 1 is 1.33 bits per heavy atom. The number of hydrogen-bond donors (Lipinski definition) is 2. The molecule has 0 atom stereocenters. The number of carbonyl (C=O) groups is 2. The van der Waals surface area contributed by atoms with Crippen LogP contribution in [0, 0.1) is 12.3 Å². The van der Waals surface area contributed by atoms with Gasteiger partial charge < -0.3 is 10.4 Å². The first-order chi connectivity index (χ1) is 9.93. The molecule has 0 saturated heterocycles. The smallest absolute Gasteiger partial charge is 0.310 e. The number of carbonyl (C=O) groups excluding carboxylic acids is 1. The summed E-state index contributed by atoms with van der Waals surface area (Å²) >= 11 is 3.27. The highest BCUT2D eigenvalue weighted by Gasteiger charge is 2.41. The van der Waals surface area contributed by atoms with Gasteiger partial charge in [-0.1, -0.05) is 19.3 Å². The van der Waals surface area contributed by atoms with E-state index in [1.54, 1.807) is 19.1 Å².